The van der Waals surface area contributed by atoms with Crippen molar-refractivity contribution in [2.75, 3.05) is 13.2 Å². The Morgan fingerprint density at radius 2 is 2.14 bits per heavy atom. The summed E-state index contributed by atoms with van der Waals surface area (Å²) < 4.78 is 5.28. The van der Waals surface area contributed by atoms with Gasteiger partial charge in [0.05, 0.1) is 6.10 Å². The Morgan fingerprint density at radius 3 is 2.79 bits per heavy atom. The summed E-state index contributed by atoms with van der Waals surface area (Å²) in [6.07, 6.45) is 1.58. The minimum Gasteiger partial charge on any atom is -0.388 e. The first-order chi connectivity index (χ1) is 6.86. The highest BCUT2D eigenvalue weighted by Crippen LogP contribution is 2.25. The average molecular weight is 192 g/mol. The maximum atomic E-state index is 9.93. The molecule has 2 rings (SSSR count). The molecule has 0 bridgehead atoms. The Labute approximate surface area is 84.5 Å². The molecule has 2 atom stereocenters. The molecule has 0 radical (unpaired) electrons. The summed E-state index contributed by atoms with van der Waals surface area (Å²) in [5, 5.41) is 9.93. The van der Waals surface area contributed by atoms with E-state index in [4.69, 9.17) is 4.74 Å². The first-order valence-electron chi connectivity index (χ1n) is 5.17. The van der Waals surface area contributed by atoms with E-state index in [0.29, 0.717) is 5.92 Å². The Morgan fingerprint density at radius 1 is 1.36 bits per heavy atom. The fourth-order valence-corrected chi connectivity index (χ4v) is 1.90. The van der Waals surface area contributed by atoms with Gasteiger partial charge >= 0.3 is 0 Å². The van der Waals surface area contributed by atoms with E-state index in [1.54, 1.807) is 0 Å². The molecule has 0 aromatic heterocycles. The number of aliphatic hydroxyl groups excluding tert-OH is 1. The van der Waals surface area contributed by atoms with Crippen LogP contribution in [-0.2, 0) is 4.74 Å². The van der Waals surface area contributed by atoms with E-state index in [1.165, 1.54) is 0 Å². The van der Waals surface area contributed by atoms with Crippen LogP contribution in [0.1, 0.15) is 24.5 Å². The van der Waals surface area contributed by atoms with Gasteiger partial charge in [-0.15, -0.1) is 0 Å². The largest absolute Gasteiger partial charge is 0.388 e. The Hall–Kier alpha value is -0.860. The molecular weight excluding hydrogens is 176 g/mol. The van der Waals surface area contributed by atoms with Crippen LogP contribution in [0.2, 0.25) is 0 Å². The molecule has 0 spiro atoms. The Kier molecular flexibility index (Phi) is 3.17. The minimum absolute atomic E-state index is 0.331. The summed E-state index contributed by atoms with van der Waals surface area (Å²) in [4.78, 5) is 0. The molecule has 0 amide bonds. The third-order valence-corrected chi connectivity index (χ3v) is 2.76. The van der Waals surface area contributed by atoms with Crippen LogP contribution in [0.3, 0.4) is 0 Å². The Balaban J connectivity index is 1.92. The van der Waals surface area contributed by atoms with Gasteiger partial charge in [-0.1, -0.05) is 30.3 Å². The van der Waals surface area contributed by atoms with Crippen LogP contribution in [0, 0.1) is 5.92 Å². The number of benzene rings is 1. The van der Waals surface area contributed by atoms with Crippen LogP contribution in [0.5, 0.6) is 0 Å². The number of ether oxygens (including phenoxy) is 1. The molecule has 2 heteroatoms. The number of rotatable bonds is 3. The maximum absolute atomic E-state index is 9.93. The molecule has 1 aromatic rings. The second-order valence-electron chi connectivity index (χ2n) is 3.89. The minimum atomic E-state index is -0.331. The van der Waals surface area contributed by atoms with E-state index in [1.807, 2.05) is 30.3 Å². The van der Waals surface area contributed by atoms with Gasteiger partial charge in [-0.3, -0.25) is 0 Å². The highest BCUT2D eigenvalue weighted by molar-refractivity contribution is 5.17. The molecule has 1 N–H and O–H groups in total. The van der Waals surface area contributed by atoms with E-state index in [0.717, 1.165) is 31.6 Å². The summed E-state index contributed by atoms with van der Waals surface area (Å²) in [6, 6.07) is 9.84. The van der Waals surface area contributed by atoms with Gasteiger partial charge in [0.15, 0.2) is 0 Å². The molecule has 0 unspecified atom stereocenters. The molecule has 1 aliphatic heterocycles. The van der Waals surface area contributed by atoms with Crippen molar-refractivity contribution in [1.29, 1.82) is 0 Å². The van der Waals surface area contributed by atoms with Crippen LogP contribution in [0.4, 0.5) is 0 Å². The van der Waals surface area contributed by atoms with Gasteiger partial charge in [-0.2, -0.15) is 0 Å². The first-order valence-corrected chi connectivity index (χ1v) is 5.17. The zero-order valence-corrected chi connectivity index (χ0v) is 8.23. The van der Waals surface area contributed by atoms with Crippen LogP contribution in [0.15, 0.2) is 30.3 Å². The molecular formula is C12H16O2. The van der Waals surface area contributed by atoms with Crippen LogP contribution < -0.4 is 0 Å². The lowest BCUT2D eigenvalue weighted by Gasteiger charge is -2.14. The van der Waals surface area contributed by atoms with Crippen LogP contribution >= 0.6 is 0 Å². The second kappa shape index (κ2) is 4.58. The fourth-order valence-electron chi connectivity index (χ4n) is 1.90. The summed E-state index contributed by atoms with van der Waals surface area (Å²) >= 11 is 0. The Bertz CT molecular complexity index is 265. The van der Waals surface area contributed by atoms with Crippen LogP contribution in [0.25, 0.3) is 0 Å². The van der Waals surface area contributed by atoms with Gasteiger partial charge in [0, 0.05) is 13.2 Å². The van der Waals surface area contributed by atoms with Gasteiger partial charge < -0.3 is 9.84 Å². The molecule has 0 saturated carbocycles. The van der Waals surface area contributed by atoms with E-state index in [-0.39, 0.29) is 6.10 Å². The van der Waals surface area contributed by atoms with E-state index < -0.39 is 0 Å². The number of hydrogen-bond acceptors (Lipinski definition) is 2. The van der Waals surface area contributed by atoms with Crippen molar-refractivity contribution in [2.45, 2.75) is 18.9 Å². The predicted molar refractivity (Wildman–Crippen MR) is 54.9 cm³/mol. The van der Waals surface area contributed by atoms with Crippen molar-refractivity contribution in [3.63, 3.8) is 0 Å². The normalized spacial score (nSPS) is 23.6. The van der Waals surface area contributed by atoms with Crippen molar-refractivity contribution < 1.29 is 9.84 Å². The van der Waals surface area contributed by atoms with Crippen molar-refractivity contribution in [2.24, 2.45) is 5.92 Å². The summed E-state index contributed by atoms with van der Waals surface area (Å²) in [6.45, 7) is 1.66. The van der Waals surface area contributed by atoms with Gasteiger partial charge in [-0.05, 0) is 24.3 Å². The molecule has 1 aliphatic rings. The standard InChI is InChI=1S/C12H16O2/c13-12(8-10-6-7-14-9-10)11-4-2-1-3-5-11/h1-5,10,12-13H,6-9H2/t10-,12+/m0/s1. The molecule has 1 aromatic carbocycles. The zero-order chi connectivity index (χ0) is 9.80. The molecule has 1 fully saturated rings. The van der Waals surface area contributed by atoms with Crippen molar-refractivity contribution in [3.05, 3.63) is 35.9 Å². The van der Waals surface area contributed by atoms with E-state index >= 15 is 0 Å². The summed E-state index contributed by atoms with van der Waals surface area (Å²) in [5.74, 6) is 0.533. The topological polar surface area (TPSA) is 29.5 Å². The fraction of sp³-hybridized carbons (Fsp3) is 0.500. The number of hydrogen-bond donors (Lipinski definition) is 1. The highest BCUT2D eigenvalue weighted by Gasteiger charge is 2.19. The molecule has 14 heavy (non-hydrogen) atoms. The van der Waals surface area contributed by atoms with E-state index in [9.17, 15) is 5.11 Å². The lowest BCUT2D eigenvalue weighted by Crippen LogP contribution is -2.07. The quantitative estimate of drug-likeness (QED) is 0.795. The first kappa shape index (κ1) is 9.69. The highest BCUT2D eigenvalue weighted by atomic mass is 16.5. The summed E-state index contributed by atoms with van der Waals surface area (Å²) in [7, 11) is 0. The van der Waals surface area contributed by atoms with Gasteiger partial charge in [0.25, 0.3) is 0 Å². The average Bonchev–Trinajstić information content (AvgIpc) is 2.72. The molecule has 1 heterocycles. The predicted octanol–water partition coefficient (Wildman–Crippen LogP) is 2.15. The van der Waals surface area contributed by atoms with Crippen molar-refractivity contribution in [3.8, 4) is 0 Å². The maximum Gasteiger partial charge on any atom is 0.0793 e. The molecule has 1 saturated heterocycles. The third kappa shape index (κ3) is 2.34. The van der Waals surface area contributed by atoms with Gasteiger partial charge in [0.1, 0.15) is 0 Å². The van der Waals surface area contributed by atoms with E-state index in [2.05, 4.69) is 0 Å². The molecule has 0 aliphatic carbocycles. The summed E-state index contributed by atoms with van der Waals surface area (Å²) in [5.41, 5.74) is 1.01. The lowest BCUT2D eigenvalue weighted by molar-refractivity contribution is 0.129. The smallest absolute Gasteiger partial charge is 0.0793 e. The zero-order valence-electron chi connectivity index (χ0n) is 8.23. The van der Waals surface area contributed by atoms with Gasteiger partial charge in [-0.25, -0.2) is 0 Å². The molecule has 2 nitrogen and oxygen atoms in total. The third-order valence-electron chi connectivity index (χ3n) is 2.76. The lowest BCUT2D eigenvalue weighted by atomic mass is 9.96. The van der Waals surface area contributed by atoms with Crippen molar-refractivity contribution in [1.82, 2.24) is 0 Å². The molecule has 76 valence electrons. The second-order valence-corrected chi connectivity index (χ2v) is 3.89. The monoisotopic (exact) mass is 192 g/mol. The van der Waals surface area contributed by atoms with Gasteiger partial charge in [0.2, 0.25) is 0 Å². The number of aliphatic hydroxyl groups is 1. The SMILES string of the molecule is O[C@H](C[C@@H]1CCOC1)c1ccccc1. The van der Waals surface area contributed by atoms with Crippen LogP contribution in [-0.4, -0.2) is 18.3 Å². The van der Waals surface area contributed by atoms with Crippen molar-refractivity contribution >= 4 is 0 Å².